The number of carbonyl (C=O) groups is 1. The molecule has 9 heteroatoms. The van der Waals surface area contributed by atoms with Crippen LogP contribution < -0.4 is 4.72 Å². The monoisotopic (exact) mass is 458 g/mol. The third-order valence-corrected chi connectivity index (χ3v) is 6.26. The Hall–Kier alpha value is -2.65. The van der Waals surface area contributed by atoms with Gasteiger partial charge in [-0.2, -0.15) is 0 Å². The summed E-state index contributed by atoms with van der Waals surface area (Å²) < 4.78 is 27.2. The lowest BCUT2D eigenvalue weighted by molar-refractivity contribution is 0.0994. The molecular weight excluding hydrogens is 432 g/mol. The van der Waals surface area contributed by atoms with E-state index in [2.05, 4.69) is 38.5 Å². The minimum absolute atomic E-state index is 0.0495. The number of hydrogen-bond acceptors (Lipinski definition) is 6. The molecule has 0 bridgehead atoms. The Morgan fingerprint density at radius 2 is 1.77 bits per heavy atom. The molecule has 3 aromatic rings. The summed E-state index contributed by atoms with van der Waals surface area (Å²) in [5.74, 6) is 0.831. The summed E-state index contributed by atoms with van der Waals surface area (Å²) in [5.41, 5.74) is 2.11. The fourth-order valence-electron chi connectivity index (χ4n) is 3.13. The number of thioether (sulfide) groups is 1. The van der Waals surface area contributed by atoms with E-state index in [0.29, 0.717) is 17.7 Å². The Labute approximate surface area is 187 Å². The van der Waals surface area contributed by atoms with Gasteiger partial charge in [-0.05, 0) is 43.2 Å². The van der Waals surface area contributed by atoms with Crippen molar-refractivity contribution < 1.29 is 13.2 Å². The number of ketones is 1. The van der Waals surface area contributed by atoms with Crippen molar-refractivity contribution in [2.24, 2.45) is 0 Å². The van der Waals surface area contributed by atoms with Gasteiger partial charge in [0.2, 0.25) is 10.0 Å². The van der Waals surface area contributed by atoms with Crippen molar-refractivity contribution in [2.45, 2.75) is 43.6 Å². The van der Waals surface area contributed by atoms with E-state index in [9.17, 15) is 13.2 Å². The molecule has 0 aliphatic rings. The molecule has 0 radical (unpaired) electrons. The Bertz CT molecular complexity index is 1130. The van der Waals surface area contributed by atoms with Crippen molar-refractivity contribution in [1.82, 2.24) is 14.8 Å². The standard InChI is InChI=1S/C22H26N4O3S2/c1-4-14-26-20(15-17-8-6-5-7-9-17)23-24-22(26)30-16(2)21(27)18-10-12-19(13-11-18)25-31(3,28)29/h5-13,16,25H,4,14-15H2,1-3H3/t16-/m0/s1. The second-order valence-electron chi connectivity index (χ2n) is 7.29. The first-order valence-electron chi connectivity index (χ1n) is 10.0. The number of Topliss-reactive ketones (excluding diaryl/α,β-unsaturated/α-hetero) is 1. The highest BCUT2D eigenvalue weighted by Gasteiger charge is 2.21. The molecule has 31 heavy (non-hydrogen) atoms. The molecule has 0 saturated heterocycles. The number of aromatic nitrogens is 3. The molecule has 0 aliphatic heterocycles. The molecule has 3 rings (SSSR count). The number of benzene rings is 2. The first-order valence-corrected chi connectivity index (χ1v) is 12.8. The molecule has 2 aromatic carbocycles. The molecule has 0 saturated carbocycles. The molecule has 0 amide bonds. The summed E-state index contributed by atoms with van der Waals surface area (Å²) in [6.07, 6.45) is 2.71. The smallest absolute Gasteiger partial charge is 0.229 e. The largest absolute Gasteiger partial charge is 0.306 e. The normalized spacial score (nSPS) is 12.5. The maximum absolute atomic E-state index is 12.9. The number of nitrogens with zero attached hydrogens (tertiary/aromatic N) is 3. The van der Waals surface area contributed by atoms with Gasteiger partial charge in [0.1, 0.15) is 5.82 Å². The van der Waals surface area contributed by atoms with Crippen LogP contribution >= 0.6 is 11.8 Å². The number of carbonyl (C=O) groups excluding carboxylic acids is 1. The van der Waals surface area contributed by atoms with Crippen molar-refractivity contribution in [2.75, 3.05) is 11.0 Å². The molecule has 1 N–H and O–H groups in total. The average molecular weight is 459 g/mol. The Balaban J connectivity index is 1.73. The third kappa shape index (κ3) is 6.41. The molecular formula is C22H26N4O3S2. The number of hydrogen-bond donors (Lipinski definition) is 1. The van der Waals surface area contributed by atoms with Crippen LogP contribution in [-0.2, 0) is 23.0 Å². The van der Waals surface area contributed by atoms with Gasteiger partial charge in [-0.3, -0.25) is 9.52 Å². The zero-order valence-corrected chi connectivity index (χ0v) is 19.4. The summed E-state index contributed by atoms with van der Waals surface area (Å²) in [5, 5.41) is 9.09. The van der Waals surface area contributed by atoms with Crippen molar-refractivity contribution in [3.05, 3.63) is 71.5 Å². The molecule has 1 aromatic heterocycles. The van der Waals surface area contributed by atoms with Crippen LogP contribution in [0.15, 0.2) is 59.8 Å². The molecule has 0 fully saturated rings. The van der Waals surface area contributed by atoms with E-state index in [-0.39, 0.29) is 11.0 Å². The van der Waals surface area contributed by atoms with Crippen LogP contribution in [0.2, 0.25) is 0 Å². The van der Waals surface area contributed by atoms with E-state index in [1.165, 1.54) is 11.8 Å². The van der Waals surface area contributed by atoms with E-state index < -0.39 is 10.0 Å². The van der Waals surface area contributed by atoms with Crippen LogP contribution in [0.4, 0.5) is 5.69 Å². The van der Waals surface area contributed by atoms with Gasteiger partial charge in [0.25, 0.3) is 0 Å². The van der Waals surface area contributed by atoms with Gasteiger partial charge in [-0.25, -0.2) is 8.42 Å². The van der Waals surface area contributed by atoms with Crippen molar-refractivity contribution in [3.8, 4) is 0 Å². The number of rotatable bonds is 10. The highest BCUT2D eigenvalue weighted by Crippen LogP contribution is 2.26. The summed E-state index contributed by atoms with van der Waals surface area (Å²) in [6.45, 7) is 4.73. The van der Waals surface area contributed by atoms with E-state index in [1.54, 1.807) is 24.3 Å². The molecule has 0 unspecified atom stereocenters. The van der Waals surface area contributed by atoms with Gasteiger partial charge >= 0.3 is 0 Å². The lowest BCUT2D eigenvalue weighted by Gasteiger charge is -2.13. The van der Waals surface area contributed by atoms with E-state index in [1.807, 2.05) is 25.1 Å². The Morgan fingerprint density at radius 3 is 2.39 bits per heavy atom. The summed E-state index contributed by atoms with van der Waals surface area (Å²) in [6, 6.07) is 16.5. The third-order valence-electron chi connectivity index (χ3n) is 4.57. The predicted molar refractivity (Wildman–Crippen MR) is 124 cm³/mol. The first-order chi connectivity index (χ1) is 14.8. The summed E-state index contributed by atoms with van der Waals surface area (Å²) >= 11 is 1.39. The molecule has 0 spiro atoms. The lowest BCUT2D eigenvalue weighted by atomic mass is 10.1. The van der Waals surface area contributed by atoms with Crippen molar-refractivity contribution >= 4 is 33.3 Å². The summed E-state index contributed by atoms with van der Waals surface area (Å²) in [4.78, 5) is 12.9. The van der Waals surface area contributed by atoms with Gasteiger partial charge in [0.15, 0.2) is 10.9 Å². The van der Waals surface area contributed by atoms with E-state index in [4.69, 9.17) is 0 Å². The van der Waals surface area contributed by atoms with E-state index in [0.717, 1.165) is 35.8 Å². The fraction of sp³-hybridized carbons (Fsp3) is 0.318. The molecule has 0 aliphatic carbocycles. The maximum Gasteiger partial charge on any atom is 0.229 e. The van der Waals surface area contributed by atoms with Crippen LogP contribution in [0.25, 0.3) is 0 Å². The predicted octanol–water partition coefficient (Wildman–Crippen LogP) is 4.01. The van der Waals surface area contributed by atoms with Gasteiger partial charge in [-0.15, -0.1) is 10.2 Å². The first kappa shape index (κ1) is 23.0. The molecule has 7 nitrogen and oxygen atoms in total. The lowest BCUT2D eigenvalue weighted by Crippen LogP contribution is -2.15. The highest BCUT2D eigenvalue weighted by atomic mass is 32.2. The maximum atomic E-state index is 12.9. The van der Waals surface area contributed by atoms with Crippen LogP contribution in [0.3, 0.4) is 0 Å². The van der Waals surface area contributed by atoms with Crippen LogP contribution in [0.1, 0.15) is 42.0 Å². The summed E-state index contributed by atoms with van der Waals surface area (Å²) in [7, 11) is -3.35. The SMILES string of the molecule is CCCn1c(Cc2ccccc2)nnc1S[C@@H](C)C(=O)c1ccc(NS(C)(=O)=O)cc1. The zero-order valence-electron chi connectivity index (χ0n) is 17.8. The Kier molecular flexibility index (Phi) is 7.50. The topological polar surface area (TPSA) is 93.9 Å². The van der Waals surface area contributed by atoms with Crippen molar-refractivity contribution in [3.63, 3.8) is 0 Å². The van der Waals surface area contributed by atoms with Crippen LogP contribution in [0, 0.1) is 0 Å². The number of sulfonamides is 1. The Morgan fingerprint density at radius 1 is 1.10 bits per heavy atom. The van der Waals surface area contributed by atoms with Crippen LogP contribution in [0.5, 0.6) is 0 Å². The van der Waals surface area contributed by atoms with E-state index >= 15 is 0 Å². The number of nitrogens with one attached hydrogen (secondary N) is 1. The molecule has 164 valence electrons. The number of anilines is 1. The average Bonchev–Trinajstić information content (AvgIpc) is 3.09. The van der Waals surface area contributed by atoms with Gasteiger partial charge in [-0.1, -0.05) is 49.0 Å². The molecule has 1 heterocycles. The highest BCUT2D eigenvalue weighted by molar-refractivity contribution is 8.00. The quantitative estimate of drug-likeness (QED) is 0.364. The second kappa shape index (κ2) is 10.1. The second-order valence-corrected chi connectivity index (χ2v) is 10.3. The van der Waals surface area contributed by atoms with Gasteiger partial charge < -0.3 is 4.57 Å². The minimum atomic E-state index is -3.35. The fourth-order valence-corrected chi connectivity index (χ4v) is 4.66. The minimum Gasteiger partial charge on any atom is -0.306 e. The molecule has 1 atom stereocenters. The van der Waals surface area contributed by atoms with Crippen LogP contribution in [-0.4, -0.2) is 40.5 Å². The van der Waals surface area contributed by atoms with Crippen molar-refractivity contribution in [1.29, 1.82) is 0 Å². The van der Waals surface area contributed by atoms with Gasteiger partial charge in [0.05, 0.1) is 11.5 Å². The van der Waals surface area contributed by atoms with Gasteiger partial charge in [0, 0.05) is 24.2 Å². The zero-order chi connectivity index (χ0) is 22.4.